The lowest BCUT2D eigenvalue weighted by atomic mass is 10.1. The molecule has 106 valence electrons. The quantitative estimate of drug-likeness (QED) is 0.717. The van der Waals surface area contributed by atoms with Gasteiger partial charge in [-0.2, -0.15) is 5.10 Å². The van der Waals surface area contributed by atoms with Gasteiger partial charge in [0.15, 0.2) is 0 Å². The van der Waals surface area contributed by atoms with Gasteiger partial charge in [0.1, 0.15) is 0 Å². The average Bonchev–Trinajstić information content (AvgIpc) is 2.90. The smallest absolute Gasteiger partial charge is 0.253 e. The number of benzene rings is 1. The monoisotopic (exact) mass is 273 g/mol. The molecule has 0 saturated carbocycles. The van der Waals surface area contributed by atoms with Crippen molar-refractivity contribution in [2.45, 2.75) is 19.5 Å². The van der Waals surface area contributed by atoms with Crippen LogP contribution in [0.1, 0.15) is 17.3 Å². The number of hydrogen-bond donors (Lipinski definition) is 3. The van der Waals surface area contributed by atoms with Gasteiger partial charge in [0.25, 0.3) is 5.91 Å². The van der Waals surface area contributed by atoms with Gasteiger partial charge in [-0.05, 0) is 31.2 Å². The van der Waals surface area contributed by atoms with Crippen LogP contribution in [0, 0.1) is 0 Å². The normalized spacial score (nSPS) is 11.9. The Kier molecular flexibility index (Phi) is 4.24. The van der Waals surface area contributed by atoms with Crippen molar-refractivity contribution < 1.29 is 4.79 Å². The van der Waals surface area contributed by atoms with Crippen LogP contribution in [0.2, 0.25) is 0 Å². The van der Waals surface area contributed by atoms with E-state index >= 15 is 0 Å². The number of amides is 1. The third-order valence-corrected chi connectivity index (χ3v) is 2.94. The first-order valence-electron chi connectivity index (χ1n) is 6.45. The lowest BCUT2D eigenvalue weighted by molar-refractivity contribution is 0.0964. The molecular weight excluding hydrogens is 254 g/mol. The Bertz CT molecular complexity index is 579. The fourth-order valence-corrected chi connectivity index (χ4v) is 2.01. The Labute approximate surface area is 118 Å². The molecule has 0 fully saturated rings. The highest BCUT2D eigenvalue weighted by atomic mass is 16.1. The van der Waals surface area contributed by atoms with Gasteiger partial charge in [-0.25, -0.2) is 0 Å². The maximum Gasteiger partial charge on any atom is 0.253 e. The number of rotatable bonds is 5. The van der Waals surface area contributed by atoms with Crippen molar-refractivity contribution in [3.05, 3.63) is 42.2 Å². The maximum absolute atomic E-state index is 11.8. The van der Waals surface area contributed by atoms with Gasteiger partial charge < -0.3 is 16.4 Å². The highest BCUT2D eigenvalue weighted by Crippen LogP contribution is 2.20. The maximum atomic E-state index is 11.8. The zero-order valence-corrected chi connectivity index (χ0v) is 11.6. The minimum absolute atomic E-state index is 0.111. The second-order valence-corrected chi connectivity index (χ2v) is 4.66. The topological polar surface area (TPSA) is 85.0 Å². The molecule has 1 atom stereocenters. The van der Waals surface area contributed by atoms with Crippen molar-refractivity contribution in [2.75, 3.05) is 18.1 Å². The van der Waals surface area contributed by atoms with E-state index in [0.29, 0.717) is 17.8 Å². The second-order valence-electron chi connectivity index (χ2n) is 4.66. The standard InChI is InChI=1S/C14H19N5O/c1-10(9-19-7-3-6-17-19)18-13-8-11(15)4-5-12(13)14(20)16-2/h3-8,10,18H,9,15H2,1-2H3,(H,16,20). The van der Waals surface area contributed by atoms with Gasteiger partial charge in [-0.15, -0.1) is 0 Å². The van der Waals surface area contributed by atoms with Crippen molar-refractivity contribution in [1.29, 1.82) is 0 Å². The van der Waals surface area contributed by atoms with E-state index in [4.69, 9.17) is 5.73 Å². The molecule has 0 spiro atoms. The Balaban J connectivity index is 2.15. The third kappa shape index (κ3) is 3.28. The highest BCUT2D eigenvalue weighted by Gasteiger charge is 2.12. The number of nitrogen functional groups attached to an aromatic ring is 1. The molecule has 2 aromatic rings. The molecular formula is C14H19N5O. The molecule has 0 bridgehead atoms. The summed E-state index contributed by atoms with van der Waals surface area (Å²) in [5.74, 6) is -0.140. The largest absolute Gasteiger partial charge is 0.399 e. The number of nitrogens with one attached hydrogen (secondary N) is 2. The van der Waals surface area contributed by atoms with E-state index in [1.54, 1.807) is 31.4 Å². The summed E-state index contributed by atoms with van der Waals surface area (Å²) in [6.07, 6.45) is 3.64. The summed E-state index contributed by atoms with van der Waals surface area (Å²) in [6.45, 7) is 2.73. The lowest BCUT2D eigenvalue weighted by Gasteiger charge is -2.18. The first-order valence-corrected chi connectivity index (χ1v) is 6.45. The lowest BCUT2D eigenvalue weighted by Crippen LogP contribution is -2.25. The van der Waals surface area contributed by atoms with E-state index in [1.807, 2.05) is 23.9 Å². The summed E-state index contributed by atoms with van der Waals surface area (Å²) in [6, 6.07) is 7.19. The van der Waals surface area contributed by atoms with Gasteiger partial charge in [0.2, 0.25) is 0 Å². The summed E-state index contributed by atoms with van der Waals surface area (Å²) in [4.78, 5) is 11.8. The van der Waals surface area contributed by atoms with Gasteiger partial charge in [0.05, 0.1) is 12.1 Å². The van der Waals surface area contributed by atoms with Gasteiger partial charge >= 0.3 is 0 Å². The molecule has 0 aliphatic carbocycles. The summed E-state index contributed by atoms with van der Waals surface area (Å²) in [5.41, 5.74) is 7.71. The molecule has 0 aliphatic heterocycles. The third-order valence-electron chi connectivity index (χ3n) is 2.94. The molecule has 1 unspecified atom stereocenters. The van der Waals surface area contributed by atoms with E-state index < -0.39 is 0 Å². The summed E-state index contributed by atoms with van der Waals surface area (Å²) in [5, 5.41) is 10.1. The molecule has 6 nitrogen and oxygen atoms in total. The van der Waals surface area contributed by atoms with Crippen LogP contribution in [0.3, 0.4) is 0 Å². The minimum atomic E-state index is -0.140. The van der Waals surface area contributed by atoms with E-state index in [0.717, 1.165) is 5.69 Å². The summed E-state index contributed by atoms with van der Waals surface area (Å²) in [7, 11) is 1.61. The van der Waals surface area contributed by atoms with Crippen LogP contribution in [0.25, 0.3) is 0 Å². The summed E-state index contributed by atoms with van der Waals surface area (Å²) < 4.78 is 1.84. The second kappa shape index (κ2) is 6.10. The predicted octanol–water partition coefficient (Wildman–Crippen LogP) is 1.33. The van der Waals surface area contributed by atoms with Crippen LogP contribution in [0.4, 0.5) is 11.4 Å². The Morgan fingerprint density at radius 1 is 1.50 bits per heavy atom. The number of carbonyl (C=O) groups excluding carboxylic acids is 1. The van der Waals surface area contributed by atoms with Crippen LogP contribution < -0.4 is 16.4 Å². The zero-order valence-electron chi connectivity index (χ0n) is 11.6. The molecule has 1 heterocycles. The zero-order chi connectivity index (χ0) is 14.5. The van der Waals surface area contributed by atoms with Crippen molar-refractivity contribution in [3.63, 3.8) is 0 Å². The summed E-state index contributed by atoms with van der Waals surface area (Å²) >= 11 is 0. The van der Waals surface area contributed by atoms with E-state index in [-0.39, 0.29) is 11.9 Å². The van der Waals surface area contributed by atoms with Gasteiger partial charge in [0, 0.05) is 36.9 Å². The Morgan fingerprint density at radius 2 is 2.30 bits per heavy atom. The fraction of sp³-hybridized carbons (Fsp3) is 0.286. The van der Waals surface area contributed by atoms with Crippen LogP contribution in [0.5, 0.6) is 0 Å². The molecule has 4 N–H and O–H groups in total. The van der Waals surface area contributed by atoms with Crippen LogP contribution in [-0.2, 0) is 6.54 Å². The molecule has 1 aromatic carbocycles. The van der Waals surface area contributed by atoms with Gasteiger partial charge in [-0.1, -0.05) is 0 Å². The number of nitrogens with two attached hydrogens (primary N) is 1. The van der Waals surface area contributed by atoms with E-state index in [2.05, 4.69) is 15.7 Å². The van der Waals surface area contributed by atoms with Crippen molar-refractivity contribution in [1.82, 2.24) is 15.1 Å². The van der Waals surface area contributed by atoms with Gasteiger partial charge in [-0.3, -0.25) is 9.48 Å². The van der Waals surface area contributed by atoms with E-state index in [1.165, 1.54) is 0 Å². The molecule has 1 aromatic heterocycles. The van der Waals surface area contributed by atoms with E-state index in [9.17, 15) is 4.79 Å². The molecule has 0 saturated heterocycles. The van der Waals surface area contributed by atoms with Crippen LogP contribution in [-0.4, -0.2) is 28.8 Å². The highest BCUT2D eigenvalue weighted by molar-refractivity contribution is 6.00. The first kappa shape index (κ1) is 13.9. The number of nitrogens with zero attached hydrogens (tertiary/aromatic N) is 2. The molecule has 20 heavy (non-hydrogen) atoms. The van der Waals surface area contributed by atoms with Crippen LogP contribution >= 0.6 is 0 Å². The molecule has 1 amide bonds. The molecule has 6 heteroatoms. The minimum Gasteiger partial charge on any atom is -0.399 e. The number of anilines is 2. The van der Waals surface area contributed by atoms with Crippen LogP contribution in [0.15, 0.2) is 36.7 Å². The molecule has 2 rings (SSSR count). The molecule has 0 radical (unpaired) electrons. The number of aromatic nitrogens is 2. The average molecular weight is 273 g/mol. The number of carbonyl (C=O) groups is 1. The number of hydrogen-bond acceptors (Lipinski definition) is 4. The van der Waals surface area contributed by atoms with Crippen molar-refractivity contribution in [3.8, 4) is 0 Å². The van der Waals surface area contributed by atoms with Crippen molar-refractivity contribution in [2.24, 2.45) is 0 Å². The fourth-order valence-electron chi connectivity index (χ4n) is 2.01. The SMILES string of the molecule is CNC(=O)c1ccc(N)cc1NC(C)Cn1cccn1. The van der Waals surface area contributed by atoms with Crippen molar-refractivity contribution >= 4 is 17.3 Å². The Morgan fingerprint density at radius 3 is 2.95 bits per heavy atom. The molecule has 0 aliphatic rings. The first-order chi connectivity index (χ1) is 9.60. The Hall–Kier alpha value is -2.50. The predicted molar refractivity (Wildman–Crippen MR) is 79.6 cm³/mol.